The van der Waals surface area contributed by atoms with Crippen molar-refractivity contribution >= 4 is 21.8 Å². The van der Waals surface area contributed by atoms with E-state index in [4.69, 9.17) is 4.74 Å². The van der Waals surface area contributed by atoms with Gasteiger partial charge in [-0.25, -0.2) is 0 Å². The van der Waals surface area contributed by atoms with Crippen LogP contribution in [0.3, 0.4) is 0 Å². The summed E-state index contributed by atoms with van der Waals surface area (Å²) in [4.78, 5) is 12.2. The molecule has 0 unspecified atom stereocenters. The summed E-state index contributed by atoms with van der Waals surface area (Å²) in [5.41, 5.74) is 0.602. The van der Waals surface area contributed by atoms with Crippen LogP contribution in [0.4, 0.5) is 0 Å². The molecule has 1 amide bonds. The molecule has 1 aliphatic rings. The summed E-state index contributed by atoms with van der Waals surface area (Å²) >= 11 is 3.39. The maximum Gasteiger partial charge on any atom is 0.255 e. The van der Waals surface area contributed by atoms with Crippen LogP contribution in [0.25, 0.3) is 0 Å². The van der Waals surface area contributed by atoms with E-state index >= 15 is 0 Å². The van der Waals surface area contributed by atoms with Crippen LogP contribution < -0.4 is 10.1 Å². The highest BCUT2D eigenvalue weighted by molar-refractivity contribution is 9.10. The Balaban J connectivity index is 2.17. The molecule has 0 aliphatic heterocycles. The molecule has 0 heterocycles. The summed E-state index contributed by atoms with van der Waals surface area (Å²) < 4.78 is 6.56. The van der Waals surface area contributed by atoms with Gasteiger partial charge in [-0.3, -0.25) is 4.79 Å². The molecule has 18 heavy (non-hydrogen) atoms. The predicted molar refractivity (Wildman–Crippen MR) is 75.0 cm³/mol. The van der Waals surface area contributed by atoms with Gasteiger partial charge in [0.15, 0.2) is 0 Å². The number of carbonyl (C=O) groups is 1. The third-order valence-corrected chi connectivity index (χ3v) is 3.48. The first-order valence-corrected chi connectivity index (χ1v) is 7.12. The van der Waals surface area contributed by atoms with E-state index in [1.54, 1.807) is 0 Å². The third-order valence-electron chi connectivity index (χ3n) is 2.99. The van der Waals surface area contributed by atoms with E-state index in [9.17, 15) is 4.79 Å². The molecule has 2 rings (SSSR count). The van der Waals surface area contributed by atoms with Gasteiger partial charge in [0.1, 0.15) is 5.75 Å². The quantitative estimate of drug-likeness (QED) is 0.924. The number of amides is 1. The zero-order chi connectivity index (χ0) is 13.1. The van der Waals surface area contributed by atoms with Crippen LogP contribution in [0.2, 0.25) is 0 Å². The van der Waals surface area contributed by atoms with Gasteiger partial charge in [0.05, 0.1) is 11.7 Å². The van der Waals surface area contributed by atoms with Gasteiger partial charge < -0.3 is 10.1 Å². The number of hydrogen-bond acceptors (Lipinski definition) is 2. The van der Waals surface area contributed by atoms with Gasteiger partial charge in [0.2, 0.25) is 0 Å². The Labute approximate surface area is 116 Å². The molecule has 0 bridgehead atoms. The average Bonchev–Trinajstić information content (AvgIpc) is 2.25. The minimum absolute atomic E-state index is 0.0448. The second kappa shape index (κ2) is 5.74. The zero-order valence-electron chi connectivity index (χ0n) is 10.7. The Morgan fingerprint density at radius 1 is 1.44 bits per heavy atom. The maximum atomic E-state index is 12.2. The van der Waals surface area contributed by atoms with Crippen LogP contribution >= 0.6 is 15.9 Å². The Hall–Kier alpha value is -1.03. The molecule has 1 aromatic rings. The van der Waals surface area contributed by atoms with Gasteiger partial charge in [-0.15, -0.1) is 0 Å². The molecule has 98 valence electrons. The fourth-order valence-electron chi connectivity index (χ4n) is 1.85. The smallest absolute Gasteiger partial charge is 0.255 e. The van der Waals surface area contributed by atoms with Crippen LogP contribution in [0.15, 0.2) is 22.7 Å². The summed E-state index contributed by atoms with van der Waals surface area (Å²) in [6.07, 6.45) is 3.43. The summed E-state index contributed by atoms with van der Waals surface area (Å²) in [6, 6.07) is 5.87. The lowest BCUT2D eigenvalue weighted by atomic mass is 9.93. The number of hydrogen-bond donors (Lipinski definition) is 1. The van der Waals surface area contributed by atoms with E-state index in [2.05, 4.69) is 21.2 Å². The van der Waals surface area contributed by atoms with E-state index in [0.29, 0.717) is 17.4 Å². The van der Waals surface area contributed by atoms with Crippen LogP contribution in [0, 0.1) is 0 Å². The Bertz CT molecular complexity index is 441. The topological polar surface area (TPSA) is 38.3 Å². The fourth-order valence-corrected chi connectivity index (χ4v) is 2.21. The van der Waals surface area contributed by atoms with Gasteiger partial charge in [-0.2, -0.15) is 0 Å². The van der Waals surface area contributed by atoms with Gasteiger partial charge in [-0.1, -0.05) is 15.9 Å². The minimum atomic E-state index is -0.0448. The summed E-state index contributed by atoms with van der Waals surface area (Å²) in [5.74, 6) is 0.599. The van der Waals surface area contributed by atoms with Crippen molar-refractivity contribution in [3.63, 3.8) is 0 Å². The van der Waals surface area contributed by atoms with Crippen molar-refractivity contribution in [2.24, 2.45) is 0 Å². The number of ether oxygens (including phenoxy) is 1. The second-order valence-electron chi connectivity index (χ2n) is 4.91. The van der Waals surface area contributed by atoms with Gasteiger partial charge >= 0.3 is 0 Å². The van der Waals surface area contributed by atoms with Crippen LogP contribution in [-0.4, -0.2) is 18.1 Å². The molecular formula is C14H18BrNO2. The number of halogens is 1. The maximum absolute atomic E-state index is 12.2. The molecule has 1 N–H and O–H groups in total. The highest BCUT2D eigenvalue weighted by Crippen LogP contribution is 2.25. The highest BCUT2D eigenvalue weighted by atomic mass is 79.9. The van der Waals surface area contributed by atoms with Crippen molar-refractivity contribution in [1.82, 2.24) is 5.32 Å². The van der Waals surface area contributed by atoms with Crippen LogP contribution in [0.5, 0.6) is 5.75 Å². The molecule has 0 aromatic heterocycles. The zero-order valence-corrected chi connectivity index (χ0v) is 12.3. The lowest BCUT2D eigenvalue weighted by molar-refractivity contribution is 0.0911. The molecule has 1 aromatic carbocycles. The van der Waals surface area contributed by atoms with Crippen LogP contribution in [-0.2, 0) is 0 Å². The van der Waals surface area contributed by atoms with Crippen molar-refractivity contribution in [2.45, 2.75) is 45.3 Å². The normalized spacial score (nSPS) is 15.3. The van der Waals surface area contributed by atoms with Gasteiger partial charge in [-0.05, 0) is 51.3 Å². The third kappa shape index (κ3) is 3.25. The fraction of sp³-hybridized carbons (Fsp3) is 0.500. The Kier molecular flexibility index (Phi) is 4.27. The first-order chi connectivity index (χ1) is 8.56. The molecule has 0 atom stereocenters. The molecule has 1 fully saturated rings. The molecule has 1 saturated carbocycles. The summed E-state index contributed by atoms with van der Waals surface area (Å²) in [5, 5.41) is 3.03. The highest BCUT2D eigenvalue weighted by Gasteiger charge is 2.22. The van der Waals surface area contributed by atoms with E-state index in [-0.39, 0.29) is 12.0 Å². The summed E-state index contributed by atoms with van der Waals surface area (Å²) in [7, 11) is 0. The van der Waals surface area contributed by atoms with E-state index in [1.807, 2.05) is 32.0 Å². The molecule has 0 spiro atoms. The minimum Gasteiger partial charge on any atom is -0.490 e. The van der Waals surface area contributed by atoms with Gasteiger partial charge in [0.25, 0.3) is 5.91 Å². The first kappa shape index (κ1) is 13.4. The van der Waals surface area contributed by atoms with Crippen molar-refractivity contribution in [2.75, 3.05) is 0 Å². The van der Waals surface area contributed by atoms with Crippen molar-refractivity contribution in [3.8, 4) is 5.75 Å². The molecule has 4 heteroatoms. The number of nitrogens with one attached hydrogen (secondary N) is 1. The van der Waals surface area contributed by atoms with Crippen LogP contribution in [0.1, 0.15) is 43.5 Å². The van der Waals surface area contributed by atoms with E-state index < -0.39 is 0 Å². The van der Waals surface area contributed by atoms with Crippen molar-refractivity contribution in [1.29, 1.82) is 0 Å². The lowest BCUT2D eigenvalue weighted by Crippen LogP contribution is -2.39. The lowest BCUT2D eigenvalue weighted by Gasteiger charge is -2.26. The molecule has 0 radical (unpaired) electrons. The SMILES string of the molecule is CC(C)Oc1ccc(Br)cc1C(=O)NC1CCC1. The number of carbonyl (C=O) groups excluding carboxylic acids is 1. The molecule has 3 nitrogen and oxygen atoms in total. The average molecular weight is 312 g/mol. The largest absolute Gasteiger partial charge is 0.490 e. The first-order valence-electron chi connectivity index (χ1n) is 6.33. The Morgan fingerprint density at radius 3 is 2.72 bits per heavy atom. The molecule has 0 saturated heterocycles. The van der Waals surface area contributed by atoms with Gasteiger partial charge in [0, 0.05) is 10.5 Å². The van der Waals surface area contributed by atoms with Crippen molar-refractivity contribution in [3.05, 3.63) is 28.2 Å². The van der Waals surface area contributed by atoms with Crippen molar-refractivity contribution < 1.29 is 9.53 Å². The monoisotopic (exact) mass is 311 g/mol. The molecule has 1 aliphatic carbocycles. The van der Waals surface area contributed by atoms with E-state index in [1.165, 1.54) is 6.42 Å². The second-order valence-corrected chi connectivity index (χ2v) is 5.82. The number of benzene rings is 1. The van der Waals surface area contributed by atoms with E-state index in [0.717, 1.165) is 17.3 Å². The Morgan fingerprint density at radius 2 is 2.17 bits per heavy atom. The predicted octanol–water partition coefficient (Wildman–Crippen LogP) is 3.52. The standard InChI is InChI=1S/C14H18BrNO2/c1-9(2)18-13-7-6-10(15)8-12(13)14(17)16-11-4-3-5-11/h6-9,11H,3-5H2,1-2H3,(H,16,17). The summed E-state index contributed by atoms with van der Waals surface area (Å²) in [6.45, 7) is 3.91. The number of rotatable bonds is 4. The molecular weight excluding hydrogens is 294 g/mol.